The number of fused-ring (bicyclic) bond motifs is 1. The minimum absolute atomic E-state index is 0.285. The van der Waals surface area contributed by atoms with E-state index in [1.807, 2.05) is 23.8 Å². The first-order chi connectivity index (χ1) is 9.96. The van der Waals surface area contributed by atoms with Crippen LogP contribution in [0.15, 0.2) is 18.2 Å². The Hall–Kier alpha value is -1.96. The van der Waals surface area contributed by atoms with Crippen LogP contribution in [0.1, 0.15) is 18.9 Å². The predicted octanol–water partition coefficient (Wildman–Crippen LogP) is 0.995. The van der Waals surface area contributed by atoms with Gasteiger partial charge in [-0.25, -0.2) is 17.9 Å². The molecule has 0 bridgehead atoms. The molecular weight excluding hydrogens is 296 g/mol. The van der Waals surface area contributed by atoms with Crippen LogP contribution in [0, 0.1) is 0 Å². The number of urea groups is 1. The van der Waals surface area contributed by atoms with E-state index in [0.717, 1.165) is 5.56 Å². The number of carbonyl (C=O) groups excluding carboxylic acids is 1. The van der Waals surface area contributed by atoms with Crippen molar-refractivity contribution in [2.45, 2.75) is 25.2 Å². The molecule has 0 aromatic heterocycles. The van der Waals surface area contributed by atoms with Crippen LogP contribution in [0.5, 0.6) is 11.5 Å². The summed E-state index contributed by atoms with van der Waals surface area (Å²) in [6.07, 6.45) is 0.842. The van der Waals surface area contributed by atoms with E-state index in [9.17, 15) is 13.2 Å². The fraction of sp³-hybridized carbons (Fsp3) is 0.462. The van der Waals surface area contributed by atoms with Gasteiger partial charge in [-0.2, -0.15) is 0 Å². The Balaban J connectivity index is 2.17. The molecule has 2 N–H and O–H groups in total. The van der Waals surface area contributed by atoms with Gasteiger partial charge in [0.25, 0.3) is 10.0 Å². The number of carbonyl (C=O) groups is 1. The Bertz CT molecular complexity index is 629. The lowest BCUT2D eigenvalue weighted by molar-refractivity contribution is 0.233. The third kappa shape index (κ3) is 3.57. The quantitative estimate of drug-likeness (QED) is 0.864. The van der Waals surface area contributed by atoms with Crippen LogP contribution < -0.4 is 19.5 Å². The maximum absolute atomic E-state index is 12.0. The topological polar surface area (TPSA) is 93.7 Å². The molecule has 0 saturated carbocycles. The first kappa shape index (κ1) is 15.4. The highest BCUT2D eigenvalue weighted by atomic mass is 32.2. The fourth-order valence-electron chi connectivity index (χ4n) is 2.05. The Kier molecular flexibility index (Phi) is 4.56. The van der Waals surface area contributed by atoms with E-state index >= 15 is 0 Å². The molecule has 1 aliphatic heterocycles. The molecule has 2 rings (SSSR count). The average molecular weight is 314 g/mol. The molecule has 1 aliphatic rings. The molecule has 1 heterocycles. The molecule has 0 spiro atoms. The van der Waals surface area contributed by atoms with E-state index in [1.54, 1.807) is 6.07 Å². The van der Waals surface area contributed by atoms with Crippen molar-refractivity contribution in [3.8, 4) is 11.5 Å². The molecule has 1 aromatic carbocycles. The number of benzene rings is 1. The Morgan fingerprint density at radius 1 is 1.48 bits per heavy atom. The highest BCUT2D eigenvalue weighted by Gasteiger charge is 2.32. The summed E-state index contributed by atoms with van der Waals surface area (Å²) in [5, 5.41) is 2.20. The van der Waals surface area contributed by atoms with Crippen molar-refractivity contribution in [3.63, 3.8) is 0 Å². The molecule has 0 radical (unpaired) electrons. The lowest BCUT2D eigenvalue weighted by Gasteiger charge is -2.26. The third-order valence-corrected chi connectivity index (χ3v) is 4.56. The average Bonchev–Trinajstić information content (AvgIpc) is 2.46. The molecule has 0 saturated heterocycles. The van der Waals surface area contributed by atoms with Crippen molar-refractivity contribution < 1.29 is 22.7 Å². The monoisotopic (exact) mass is 314 g/mol. The summed E-state index contributed by atoms with van der Waals surface area (Å²) in [6.45, 7) is 2.37. The van der Waals surface area contributed by atoms with Crippen molar-refractivity contribution in [2.24, 2.45) is 0 Å². The summed E-state index contributed by atoms with van der Waals surface area (Å²) in [5.74, 6) is 1.09. The molecule has 0 fully saturated rings. The van der Waals surface area contributed by atoms with Crippen molar-refractivity contribution in [1.29, 1.82) is 0 Å². The molecule has 1 aromatic rings. The van der Waals surface area contributed by atoms with E-state index in [-0.39, 0.29) is 6.42 Å². The normalized spacial score (nSPS) is 17.3. The SMILES string of the molecule is CCOc1ccc2c(c1)OC(S(=O)(=O)NC(=O)NC)CC2. The van der Waals surface area contributed by atoms with Crippen molar-refractivity contribution in [1.82, 2.24) is 10.0 Å². The molecule has 21 heavy (non-hydrogen) atoms. The number of rotatable bonds is 4. The van der Waals surface area contributed by atoms with Crippen molar-refractivity contribution in [3.05, 3.63) is 23.8 Å². The molecule has 1 unspecified atom stereocenters. The first-order valence-electron chi connectivity index (χ1n) is 6.62. The van der Waals surface area contributed by atoms with E-state index in [2.05, 4.69) is 5.32 Å². The first-order valence-corrected chi connectivity index (χ1v) is 8.16. The second-order valence-electron chi connectivity index (χ2n) is 4.51. The zero-order chi connectivity index (χ0) is 15.5. The largest absolute Gasteiger partial charge is 0.494 e. The fourth-order valence-corrected chi connectivity index (χ4v) is 3.20. The van der Waals surface area contributed by atoms with Gasteiger partial charge in [-0.15, -0.1) is 0 Å². The van der Waals surface area contributed by atoms with Gasteiger partial charge in [0.05, 0.1) is 6.61 Å². The van der Waals surface area contributed by atoms with Crippen LogP contribution in [0.2, 0.25) is 0 Å². The Labute approximate surface area is 123 Å². The van der Waals surface area contributed by atoms with Gasteiger partial charge in [-0.3, -0.25) is 0 Å². The number of amides is 2. The summed E-state index contributed by atoms with van der Waals surface area (Å²) in [4.78, 5) is 11.2. The number of hydrogen-bond donors (Lipinski definition) is 2. The maximum Gasteiger partial charge on any atom is 0.328 e. The molecule has 2 amide bonds. The van der Waals surface area contributed by atoms with E-state index < -0.39 is 21.5 Å². The lowest BCUT2D eigenvalue weighted by Crippen LogP contribution is -2.45. The summed E-state index contributed by atoms with van der Waals surface area (Å²) >= 11 is 0. The van der Waals surface area contributed by atoms with Gasteiger partial charge < -0.3 is 14.8 Å². The van der Waals surface area contributed by atoms with E-state index in [0.29, 0.717) is 24.5 Å². The maximum atomic E-state index is 12.0. The highest BCUT2D eigenvalue weighted by molar-refractivity contribution is 7.90. The van der Waals surface area contributed by atoms with Gasteiger partial charge in [0.1, 0.15) is 11.5 Å². The van der Waals surface area contributed by atoms with Gasteiger partial charge in [0, 0.05) is 19.5 Å². The molecule has 8 heteroatoms. The van der Waals surface area contributed by atoms with Crippen LogP contribution in [-0.2, 0) is 16.4 Å². The predicted molar refractivity (Wildman–Crippen MR) is 76.9 cm³/mol. The highest BCUT2D eigenvalue weighted by Crippen LogP contribution is 2.32. The van der Waals surface area contributed by atoms with Crippen LogP contribution in [-0.4, -0.2) is 33.5 Å². The number of hydrogen-bond acceptors (Lipinski definition) is 5. The second kappa shape index (κ2) is 6.21. The zero-order valence-corrected chi connectivity index (χ0v) is 12.7. The molecule has 1 atom stereocenters. The molecule has 0 aliphatic carbocycles. The molecule has 116 valence electrons. The minimum atomic E-state index is -3.89. The number of sulfonamides is 1. The summed E-state index contributed by atoms with van der Waals surface area (Å²) in [7, 11) is -2.54. The van der Waals surface area contributed by atoms with Gasteiger partial charge in [-0.1, -0.05) is 6.07 Å². The summed E-state index contributed by atoms with van der Waals surface area (Å²) < 4.78 is 36.9. The van der Waals surface area contributed by atoms with Crippen molar-refractivity contribution >= 4 is 16.1 Å². The lowest BCUT2D eigenvalue weighted by atomic mass is 10.1. The Morgan fingerprint density at radius 2 is 2.24 bits per heavy atom. The van der Waals surface area contributed by atoms with E-state index in [4.69, 9.17) is 9.47 Å². The minimum Gasteiger partial charge on any atom is -0.494 e. The van der Waals surface area contributed by atoms with Gasteiger partial charge in [0.2, 0.25) is 5.44 Å². The Morgan fingerprint density at radius 3 is 2.90 bits per heavy atom. The van der Waals surface area contributed by atoms with Crippen LogP contribution in [0.3, 0.4) is 0 Å². The third-order valence-electron chi connectivity index (χ3n) is 3.07. The number of nitrogens with one attached hydrogen (secondary N) is 2. The smallest absolute Gasteiger partial charge is 0.328 e. The van der Waals surface area contributed by atoms with Crippen molar-refractivity contribution in [2.75, 3.05) is 13.7 Å². The standard InChI is InChI=1S/C13H18N2O5S/c1-3-19-10-6-4-9-5-7-12(20-11(9)8-10)21(17,18)15-13(16)14-2/h4,6,8,12H,3,5,7H2,1-2H3,(H2,14,15,16). The summed E-state index contributed by atoms with van der Waals surface area (Å²) in [6, 6.07) is 4.56. The zero-order valence-electron chi connectivity index (χ0n) is 11.9. The van der Waals surface area contributed by atoms with Crippen LogP contribution in [0.4, 0.5) is 4.79 Å². The second-order valence-corrected chi connectivity index (χ2v) is 6.33. The number of ether oxygens (including phenoxy) is 2. The van der Waals surface area contributed by atoms with E-state index in [1.165, 1.54) is 7.05 Å². The van der Waals surface area contributed by atoms with Gasteiger partial charge >= 0.3 is 6.03 Å². The van der Waals surface area contributed by atoms with Crippen LogP contribution >= 0.6 is 0 Å². The van der Waals surface area contributed by atoms with Gasteiger partial charge in [-0.05, 0) is 25.0 Å². The molecule has 7 nitrogen and oxygen atoms in total. The summed E-state index contributed by atoms with van der Waals surface area (Å²) in [5.41, 5.74) is -0.177. The molecular formula is C13H18N2O5S. The van der Waals surface area contributed by atoms with Gasteiger partial charge in [0.15, 0.2) is 0 Å². The number of aryl methyl sites for hydroxylation is 1. The van der Waals surface area contributed by atoms with Crippen LogP contribution in [0.25, 0.3) is 0 Å².